The zero-order valence-corrected chi connectivity index (χ0v) is 11.5. The van der Waals surface area contributed by atoms with E-state index in [1.165, 1.54) is 0 Å². The van der Waals surface area contributed by atoms with Crippen LogP contribution in [-0.2, 0) is 4.79 Å². The quantitative estimate of drug-likeness (QED) is 0.473. The molecule has 0 atom stereocenters. The molecule has 0 aliphatic carbocycles. The summed E-state index contributed by atoms with van der Waals surface area (Å²) in [6, 6.07) is 3.55. The topological polar surface area (TPSA) is 56.5 Å². The first kappa shape index (κ1) is 13.3. The van der Waals surface area contributed by atoms with Crippen LogP contribution in [0, 0.1) is 20.8 Å². The molecule has 0 saturated carbocycles. The fourth-order valence-corrected chi connectivity index (χ4v) is 1.93. The third-order valence-corrected chi connectivity index (χ3v) is 3.34. The largest absolute Gasteiger partial charge is 0.426 e. The Morgan fingerprint density at radius 3 is 2.47 bits per heavy atom. The standard InChI is InChI=1S/C15H16O4/c1-5-13(16)18-12-7-6-11-8(2)9(3)15(17)19-14(11)10(12)4/h6-7H,5H2,1-4H3. The average molecular weight is 260 g/mol. The minimum absolute atomic E-state index is 0.300. The number of aryl methyl sites for hydroxylation is 2. The van der Waals surface area contributed by atoms with Gasteiger partial charge < -0.3 is 9.15 Å². The van der Waals surface area contributed by atoms with Gasteiger partial charge in [-0.2, -0.15) is 0 Å². The van der Waals surface area contributed by atoms with Crippen LogP contribution in [0.4, 0.5) is 0 Å². The summed E-state index contributed by atoms with van der Waals surface area (Å²) in [4.78, 5) is 23.1. The van der Waals surface area contributed by atoms with E-state index in [0.717, 1.165) is 10.9 Å². The first-order valence-corrected chi connectivity index (χ1v) is 6.20. The van der Waals surface area contributed by atoms with Gasteiger partial charge in [-0.25, -0.2) is 4.79 Å². The predicted octanol–water partition coefficient (Wildman–Crippen LogP) is 3.03. The van der Waals surface area contributed by atoms with Crippen LogP contribution in [0.25, 0.3) is 11.0 Å². The van der Waals surface area contributed by atoms with Crippen LogP contribution in [-0.4, -0.2) is 5.97 Å². The number of fused-ring (bicyclic) bond motifs is 1. The van der Waals surface area contributed by atoms with Gasteiger partial charge in [0.05, 0.1) is 0 Å². The molecule has 1 heterocycles. The van der Waals surface area contributed by atoms with Gasteiger partial charge in [0.15, 0.2) is 0 Å². The van der Waals surface area contributed by atoms with E-state index >= 15 is 0 Å². The summed E-state index contributed by atoms with van der Waals surface area (Å²) in [6.45, 7) is 7.12. The molecule has 19 heavy (non-hydrogen) atoms. The van der Waals surface area contributed by atoms with E-state index in [4.69, 9.17) is 9.15 Å². The van der Waals surface area contributed by atoms with Crippen molar-refractivity contribution in [3.05, 3.63) is 39.2 Å². The van der Waals surface area contributed by atoms with Crippen LogP contribution in [0.2, 0.25) is 0 Å². The maximum absolute atomic E-state index is 11.7. The molecule has 1 aromatic carbocycles. The molecule has 2 aromatic rings. The van der Waals surface area contributed by atoms with Crippen LogP contribution in [0.3, 0.4) is 0 Å². The molecule has 0 saturated heterocycles. The normalized spacial score (nSPS) is 10.7. The lowest BCUT2D eigenvalue weighted by atomic mass is 10.0. The van der Waals surface area contributed by atoms with Gasteiger partial charge in [-0.15, -0.1) is 0 Å². The minimum Gasteiger partial charge on any atom is -0.426 e. The van der Waals surface area contributed by atoms with Crippen LogP contribution in [0.15, 0.2) is 21.3 Å². The molecule has 0 aliphatic heterocycles. The second kappa shape index (κ2) is 4.88. The number of hydrogen-bond acceptors (Lipinski definition) is 4. The zero-order valence-electron chi connectivity index (χ0n) is 11.5. The van der Waals surface area contributed by atoms with E-state index < -0.39 is 0 Å². The fourth-order valence-electron chi connectivity index (χ4n) is 1.93. The summed E-state index contributed by atoms with van der Waals surface area (Å²) in [5.74, 6) is 0.124. The average Bonchev–Trinajstić information content (AvgIpc) is 2.40. The third-order valence-electron chi connectivity index (χ3n) is 3.34. The highest BCUT2D eigenvalue weighted by atomic mass is 16.5. The van der Waals surface area contributed by atoms with Crippen molar-refractivity contribution < 1.29 is 13.9 Å². The van der Waals surface area contributed by atoms with Crippen molar-refractivity contribution in [1.82, 2.24) is 0 Å². The number of ether oxygens (including phenoxy) is 1. The molecular weight excluding hydrogens is 244 g/mol. The van der Waals surface area contributed by atoms with E-state index in [0.29, 0.717) is 28.9 Å². The van der Waals surface area contributed by atoms with E-state index in [1.54, 1.807) is 26.8 Å². The Labute approximate surface area is 111 Å². The molecular formula is C15H16O4. The maximum atomic E-state index is 11.7. The summed E-state index contributed by atoms with van der Waals surface area (Å²) in [7, 11) is 0. The van der Waals surface area contributed by atoms with E-state index in [2.05, 4.69) is 0 Å². The number of hydrogen-bond donors (Lipinski definition) is 0. The Bertz CT molecular complexity index is 710. The fraction of sp³-hybridized carbons (Fsp3) is 0.333. The molecule has 100 valence electrons. The highest BCUT2D eigenvalue weighted by molar-refractivity contribution is 5.86. The second-order valence-electron chi connectivity index (χ2n) is 4.53. The van der Waals surface area contributed by atoms with Gasteiger partial charge in [0.1, 0.15) is 11.3 Å². The molecule has 0 spiro atoms. The highest BCUT2D eigenvalue weighted by Gasteiger charge is 2.14. The minimum atomic E-state index is -0.355. The highest BCUT2D eigenvalue weighted by Crippen LogP contribution is 2.29. The number of esters is 1. The lowest BCUT2D eigenvalue weighted by molar-refractivity contribution is -0.134. The van der Waals surface area contributed by atoms with Crippen molar-refractivity contribution >= 4 is 16.9 Å². The number of benzene rings is 1. The lowest BCUT2D eigenvalue weighted by Crippen LogP contribution is -2.09. The Hall–Kier alpha value is -2.10. The first-order valence-electron chi connectivity index (χ1n) is 6.20. The van der Waals surface area contributed by atoms with Gasteiger partial charge in [-0.1, -0.05) is 6.92 Å². The molecule has 1 aromatic heterocycles. The molecule has 0 fully saturated rings. The van der Waals surface area contributed by atoms with Gasteiger partial charge in [-0.3, -0.25) is 4.79 Å². The Morgan fingerprint density at radius 2 is 1.84 bits per heavy atom. The summed E-state index contributed by atoms with van der Waals surface area (Å²) in [6.07, 6.45) is 0.300. The van der Waals surface area contributed by atoms with E-state index in [1.807, 2.05) is 13.0 Å². The SMILES string of the molecule is CCC(=O)Oc1ccc2c(C)c(C)c(=O)oc2c1C. The number of rotatable bonds is 2. The van der Waals surface area contributed by atoms with Gasteiger partial charge in [0.25, 0.3) is 0 Å². The summed E-state index contributed by atoms with van der Waals surface area (Å²) in [5, 5.41) is 0.867. The summed E-state index contributed by atoms with van der Waals surface area (Å²) in [5.41, 5.74) is 2.29. The molecule has 0 N–H and O–H groups in total. The predicted molar refractivity (Wildman–Crippen MR) is 72.6 cm³/mol. The summed E-state index contributed by atoms with van der Waals surface area (Å²) < 4.78 is 10.5. The molecule has 0 bridgehead atoms. The van der Waals surface area contributed by atoms with Gasteiger partial charge in [0, 0.05) is 22.9 Å². The van der Waals surface area contributed by atoms with Crippen molar-refractivity contribution in [1.29, 1.82) is 0 Å². The maximum Gasteiger partial charge on any atom is 0.339 e. The summed E-state index contributed by atoms with van der Waals surface area (Å²) >= 11 is 0. The molecule has 0 unspecified atom stereocenters. The van der Waals surface area contributed by atoms with Gasteiger partial charge in [0.2, 0.25) is 0 Å². The third kappa shape index (κ3) is 2.26. The molecule has 0 amide bonds. The van der Waals surface area contributed by atoms with Crippen molar-refractivity contribution in [2.45, 2.75) is 34.1 Å². The first-order chi connectivity index (χ1) is 8.95. The lowest BCUT2D eigenvalue weighted by Gasteiger charge is -2.10. The number of carbonyl (C=O) groups is 1. The molecule has 0 aliphatic rings. The molecule has 4 nitrogen and oxygen atoms in total. The van der Waals surface area contributed by atoms with Crippen LogP contribution < -0.4 is 10.4 Å². The van der Waals surface area contributed by atoms with Gasteiger partial charge >= 0.3 is 11.6 Å². The Kier molecular flexibility index (Phi) is 3.42. The smallest absolute Gasteiger partial charge is 0.339 e. The van der Waals surface area contributed by atoms with Gasteiger partial charge in [-0.05, 0) is 38.5 Å². The van der Waals surface area contributed by atoms with Crippen LogP contribution in [0.1, 0.15) is 30.0 Å². The molecule has 4 heteroatoms. The van der Waals surface area contributed by atoms with Crippen molar-refractivity contribution in [2.24, 2.45) is 0 Å². The molecule has 2 rings (SSSR count). The second-order valence-corrected chi connectivity index (χ2v) is 4.53. The van der Waals surface area contributed by atoms with Crippen LogP contribution in [0.5, 0.6) is 5.75 Å². The zero-order chi connectivity index (χ0) is 14.2. The Morgan fingerprint density at radius 1 is 1.16 bits per heavy atom. The number of carbonyl (C=O) groups excluding carboxylic acids is 1. The Balaban J connectivity index is 2.69. The van der Waals surface area contributed by atoms with Crippen LogP contribution >= 0.6 is 0 Å². The van der Waals surface area contributed by atoms with Crippen molar-refractivity contribution in [3.63, 3.8) is 0 Å². The van der Waals surface area contributed by atoms with Crippen molar-refractivity contribution in [2.75, 3.05) is 0 Å². The molecule has 0 radical (unpaired) electrons. The van der Waals surface area contributed by atoms with Crippen molar-refractivity contribution in [3.8, 4) is 5.75 Å². The monoisotopic (exact) mass is 260 g/mol. The van der Waals surface area contributed by atoms with E-state index in [9.17, 15) is 9.59 Å². The van der Waals surface area contributed by atoms with E-state index in [-0.39, 0.29) is 11.6 Å².